The van der Waals surface area contributed by atoms with Crippen LogP contribution in [0.2, 0.25) is 0 Å². The van der Waals surface area contributed by atoms with Crippen LogP contribution in [-0.2, 0) is 22.3 Å². The number of allylic oxidation sites excluding steroid dienone is 1. The number of nitrogens with two attached hydrogens (primary N) is 1. The van der Waals surface area contributed by atoms with Gasteiger partial charge in [-0.3, -0.25) is 0 Å². The molecule has 1 saturated carbocycles. The maximum Gasteiger partial charge on any atom is 0.0704 e. The molecule has 1 aromatic carbocycles. The molecule has 1 fully saturated rings. The topological polar surface area (TPSA) is 64.7 Å². The first-order valence-corrected chi connectivity index (χ1v) is 10.3. The molecule has 150 valence electrons. The maximum atomic E-state index is 9.50. The predicted molar refractivity (Wildman–Crippen MR) is 109 cm³/mol. The highest BCUT2D eigenvalue weighted by Gasteiger charge is 2.36. The van der Waals surface area contributed by atoms with E-state index in [1.807, 2.05) is 0 Å². The number of aryl methyl sites for hydroxylation is 1. The summed E-state index contributed by atoms with van der Waals surface area (Å²) in [4.78, 5) is 0. The molecule has 3 rings (SSSR count). The zero-order chi connectivity index (χ0) is 19.3. The zero-order valence-electron chi connectivity index (χ0n) is 16.9. The molecule has 3 atom stereocenters. The van der Waals surface area contributed by atoms with Crippen LogP contribution in [0.15, 0.2) is 29.8 Å². The first kappa shape index (κ1) is 20.5. The van der Waals surface area contributed by atoms with E-state index in [-0.39, 0.29) is 12.1 Å². The molecule has 2 aliphatic carbocycles. The second-order valence-corrected chi connectivity index (χ2v) is 8.58. The number of ether oxygens (including phenoxy) is 2. The SMILES string of the molecule is CC(C)=CCOCCOC1CCc2cc([C@H]3CC[C@](N)(CO)C3)ccc2C1. The molecule has 27 heavy (non-hydrogen) atoms. The first-order valence-electron chi connectivity index (χ1n) is 10.3. The summed E-state index contributed by atoms with van der Waals surface area (Å²) in [5.74, 6) is 0.486. The third kappa shape index (κ3) is 5.64. The molecule has 0 aliphatic heterocycles. The number of aliphatic hydroxyl groups excluding tert-OH is 1. The predicted octanol–water partition coefficient (Wildman–Crippen LogP) is 3.50. The Bertz CT molecular complexity index is 653. The van der Waals surface area contributed by atoms with E-state index < -0.39 is 0 Å². The minimum atomic E-state index is -0.382. The minimum absolute atomic E-state index is 0.0888. The van der Waals surface area contributed by atoms with E-state index in [9.17, 15) is 5.11 Å². The van der Waals surface area contributed by atoms with Gasteiger partial charge in [0.25, 0.3) is 0 Å². The Balaban J connectivity index is 1.47. The molecule has 0 aromatic heterocycles. The second-order valence-electron chi connectivity index (χ2n) is 8.58. The van der Waals surface area contributed by atoms with Gasteiger partial charge in [0.1, 0.15) is 0 Å². The Labute approximate surface area is 163 Å². The Morgan fingerprint density at radius 3 is 2.85 bits per heavy atom. The molecule has 3 N–H and O–H groups in total. The summed E-state index contributed by atoms with van der Waals surface area (Å²) in [5.41, 5.74) is 11.4. The van der Waals surface area contributed by atoms with Crippen molar-refractivity contribution >= 4 is 0 Å². The van der Waals surface area contributed by atoms with Crippen molar-refractivity contribution in [2.45, 2.75) is 69.9 Å². The monoisotopic (exact) mass is 373 g/mol. The van der Waals surface area contributed by atoms with Crippen LogP contribution in [0.3, 0.4) is 0 Å². The van der Waals surface area contributed by atoms with E-state index in [2.05, 4.69) is 38.1 Å². The van der Waals surface area contributed by atoms with E-state index in [4.69, 9.17) is 15.2 Å². The van der Waals surface area contributed by atoms with Crippen molar-refractivity contribution in [2.75, 3.05) is 26.4 Å². The minimum Gasteiger partial charge on any atom is -0.394 e. The number of aliphatic hydroxyl groups is 1. The fourth-order valence-corrected chi connectivity index (χ4v) is 4.31. The number of hydrogen-bond donors (Lipinski definition) is 2. The third-order valence-electron chi connectivity index (χ3n) is 6.03. The lowest BCUT2D eigenvalue weighted by Gasteiger charge is -2.26. The quantitative estimate of drug-likeness (QED) is 0.541. The molecular weight excluding hydrogens is 338 g/mol. The molecule has 0 spiro atoms. The Hall–Kier alpha value is -1.20. The van der Waals surface area contributed by atoms with E-state index in [0.29, 0.717) is 31.8 Å². The molecule has 0 saturated heterocycles. The van der Waals surface area contributed by atoms with Crippen molar-refractivity contribution in [2.24, 2.45) is 5.73 Å². The van der Waals surface area contributed by atoms with E-state index in [1.165, 1.54) is 22.3 Å². The van der Waals surface area contributed by atoms with Crippen LogP contribution in [0.5, 0.6) is 0 Å². The highest BCUT2D eigenvalue weighted by atomic mass is 16.5. The van der Waals surface area contributed by atoms with Gasteiger partial charge in [-0.25, -0.2) is 0 Å². The van der Waals surface area contributed by atoms with Crippen LogP contribution < -0.4 is 5.73 Å². The van der Waals surface area contributed by atoms with Crippen LogP contribution in [0.4, 0.5) is 0 Å². The highest BCUT2D eigenvalue weighted by molar-refractivity contribution is 5.36. The third-order valence-corrected chi connectivity index (χ3v) is 6.03. The first-order chi connectivity index (χ1) is 13.0. The Kier molecular flexibility index (Phi) is 7.10. The van der Waals surface area contributed by atoms with Crippen LogP contribution in [0.1, 0.15) is 62.1 Å². The molecule has 0 heterocycles. The normalized spacial score (nSPS) is 27.4. The van der Waals surface area contributed by atoms with Crippen LogP contribution >= 0.6 is 0 Å². The van der Waals surface area contributed by atoms with Crippen molar-refractivity contribution in [1.29, 1.82) is 0 Å². The van der Waals surface area contributed by atoms with Gasteiger partial charge in [0.05, 0.1) is 32.5 Å². The molecule has 0 bridgehead atoms. The largest absolute Gasteiger partial charge is 0.394 e. The lowest BCUT2D eigenvalue weighted by atomic mass is 9.85. The molecule has 0 radical (unpaired) electrons. The molecular formula is C23H35NO3. The van der Waals surface area contributed by atoms with Crippen molar-refractivity contribution < 1.29 is 14.6 Å². The zero-order valence-corrected chi connectivity index (χ0v) is 16.9. The summed E-state index contributed by atoms with van der Waals surface area (Å²) in [6.07, 6.45) is 8.42. The summed E-state index contributed by atoms with van der Waals surface area (Å²) >= 11 is 0. The fourth-order valence-electron chi connectivity index (χ4n) is 4.31. The molecule has 4 heteroatoms. The van der Waals surface area contributed by atoms with Gasteiger partial charge in [-0.1, -0.05) is 29.8 Å². The van der Waals surface area contributed by atoms with E-state index >= 15 is 0 Å². The van der Waals surface area contributed by atoms with Crippen molar-refractivity contribution in [1.82, 2.24) is 0 Å². The number of fused-ring (bicyclic) bond motifs is 1. The number of hydrogen-bond acceptors (Lipinski definition) is 4. The average Bonchev–Trinajstić information content (AvgIpc) is 3.07. The Morgan fingerprint density at radius 2 is 2.11 bits per heavy atom. The van der Waals surface area contributed by atoms with Crippen LogP contribution in [-0.4, -0.2) is 43.2 Å². The molecule has 1 aromatic rings. The van der Waals surface area contributed by atoms with Gasteiger partial charge in [0.15, 0.2) is 0 Å². The standard InChI is InChI=1S/C23H35NO3/c1-17(2)8-10-26-11-12-27-22-6-5-18-13-19(3-4-20(18)14-22)21-7-9-23(24,15-21)16-25/h3-4,8,13,21-22,25H,5-7,9-12,14-16,24H2,1-2H3/t21-,22?,23+/m0/s1. The van der Waals surface area contributed by atoms with Gasteiger partial charge in [0, 0.05) is 5.54 Å². The van der Waals surface area contributed by atoms with Crippen molar-refractivity contribution in [3.05, 3.63) is 46.5 Å². The highest BCUT2D eigenvalue weighted by Crippen LogP contribution is 2.40. The van der Waals surface area contributed by atoms with Crippen LogP contribution in [0.25, 0.3) is 0 Å². The lowest BCUT2D eigenvalue weighted by Crippen LogP contribution is -2.40. The van der Waals surface area contributed by atoms with Crippen molar-refractivity contribution in [3.63, 3.8) is 0 Å². The maximum absolute atomic E-state index is 9.50. The van der Waals surface area contributed by atoms with Gasteiger partial charge in [-0.05, 0) is 75.0 Å². The van der Waals surface area contributed by atoms with Gasteiger partial charge in [-0.15, -0.1) is 0 Å². The molecule has 0 amide bonds. The van der Waals surface area contributed by atoms with E-state index in [1.54, 1.807) is 0 Å². The average molecular weight is 374 g/mol. The summed E-state index contributed by atoms with van der Waals surface area (Å²) in [7, 11) is 0. The fraction of sp³-hybridized carbons (Fsp3) is 0.652. The summed E-state index contributed by atoms with van der Waals surface area (Å²) in [6.45, 7) is 6.23. The molecule has 1 unspecified atom stereocenters. The van der Waals surface area contributed by atoms with Gasteiger partial charge < -0.3 is 20.3 Å². The molecule has 4 nitrogen and oxygen atoms in total. The van der Waals surface area contributed by atoms with Gasteiger partial charge >= 0.3 is 0 Å². The van der Waals surface area contributed by atoms with Crippen molar-refractivity contribution in [3.8, 4) is 0 Å². The van der Waals surface area contributed by atoms with Gasteiger partial charge in [-0.2, -0.15) is 0 Å². The van der Waals surface area contributed by atoms with Crippen LogP contribution in [0, 0.1) is 0 Å². The lowest BCUT2D eigenvalue weighted by molar-refractivity contribution is 0.00485. The van der Waals surface area contributed by atoms with Gasteiger partial charge in [0.2, 0.25) is 0 Å². The summed E-state index contributed by atoms with van der Waals surface area (Å²) in [5, 5.41) is 9.50. The smallest absolute Gasteiger partial charge is 0.0704 e. The van der Waals surface area contributed by atoms with E-state index in [0.717, 1.165) is 38.5 Å². The molecule has 2 aliphatic rings. The summed E-state index contributed by atoms with van der Waals surface area (Å²) < 4.78 is 11.6. The number of rotatable bonds is 8. The number of benzene rings is 1. The second kappa shape index (κ2) is 9.33. The summed E-state index contributed by atoms with van der Waals surface area (Å²) in [6, 6.07) is 6.92. The Morgan fingerprint density at radius 1 is 1.26 bits per heavy atom.